The van der Waals surface area contributed by atoms with Crippen molar-refractivity contribution in [3.63, 3.8) is 0 Å². The lowest BCUT2D eigenvalue weighted by Gasteiger charge is -2.25. The molecule has 1 aliphatic carbocycles. The first-order valence-electron chi connectivity index (χ1n) is 7.67. The quantitative estimate of drug-likeness (QED) is 0.750. The molecule has 1 aliphatic heterocycles. The molecule has 4 nitrogen and oxygen atoms in total. The molecule has 2 rings (SSSR count). The van der Waals surface area contributed by atoms with Crippen LogP contribution in [0, 0.1) is 5.92 Å². The van der Waals surface area contributed by atoms with Gasteiger partial charge in [0.25, 0.3) is 0 Å². The van der Waals surface area contributed by atoms with Crippen LogP contribution in [0.25, 0.3) is 0 Å². The van der Waals surface area contributed by atoms with Crippen molar-refractivity contribution in [1.82, 2.24) is 10.2 Å². The highest BCUT2D eigenvalue weighted by atomic mass is 16.5. The maximum Gasteiger partial charge on any atom is 0.244 e. The van der Waals surface area contributed by atoms with Crippen molar-refractivity contribution >= 4 is 5.91 Å². The van der Waals surface area contributed by atoms with Gasteiger partial charge in [0.2, 0.25) is 5.91 Å². The Hall–Kier alpha value is -0.610. The van der Waals surface area contributed by atoms with Gasteiger partial charge in [-0.1, -0.05) is 26.7 Å². The summed E-state index contributed by atoms with van der Waals surface area (Å²) in [6.07, 6.45) is 6.58. The Kier molecular flexibility index (Phi) is 4.85. The minimum Gasteiger partial charge on any atom is -0.385 e. The van der Waals surface area contributed by atoms with Gasteiger partial charge in [0.1, 0.15) is 0 Å². The number of amides is 1. The molecule has 4 heteroatoms. The molecule has 0 aromatic rings. The van der Waals surface area contributed by atoms with Crippen LogP contribution in [0.15, 0.2) is 0 Å². The van der Waals surface area contributed by atoms with E-state index >= 15 is 0 Å². The number of rotatable bonds is 6. The van der Waals surface area contributed by atoms with Gasteiger partial charge in [0.05, 0.1) is 11.7 Å². The summed E-state index contributed by atoms with van der Waals surface area (Å²) < 4.78 is 5.11. The van der Waals surface area contributed by atoms with E-state index in [4.69, 9.17) is 4.74 Å². The van der Waals surface area contributed by atoms with Gasteiger partial charge in [-0.25, -0.2) is 0 Å². The van der Waals surface area contributed by atoms with E-state index in [1.54, 1.807) is 7.11 Å². The molecule has 110 valence electrons. The van der Waals surface area contributed by atoms with Gasteiger partial charge >= 0.3 is 0 Å². The Morgan fingerprint density at radius 3 is 2.68 bits per heavy atom. The Balaban J connectivity index is 2.04. The van der Waals surface area contributed by atoms with E-state index in [-0.39, 0.29) is 11.7 Å². The van der Waals surface area contributed by atoms with E-state index in [1.165, 1.54) is 12.8 Å². The lowest BCUT2D eigenvalue weighted by atomic mass is 9.98. The third kappa shape index (κ3) is 3.11. The predicted molar refractivity (Wildman–Crippen MR) is 75.8 cm³/mol. The minimum absolute atomic E-state index is 0.224. The van der Waals surface area contributed by atoms with E-state index in [1.807, 2.05) is 0 Å². The lowest BCUT2D eigenvalue weighted by Crippen LogP contribution is -2.44. The Morgan fingerprint density at radius 2 is 2.11 bits per heavy atom. The highest BCUT2D eigenvalue weighted by Gasteiger charge is 2.51. The molecule has 2 fully saturated rings. The third-order valence-electron chi connectivity index (χ3n) is 4.39. The Bertz CT molecular complexity index is 311. The summed E-state index contributed by atoms with van der Waals surface area (Å²) in [5.74, 6) is 0.943. The molecule has 0 aromatic carbocycles. The summed E-state index contributed by atoms with van der Waals surface area (Å²) in [5.41, 5.74) is -0.230. The Morgan fingerprint density at radius 1 is 1.42 bits per heavy atom. The van der Waals surface area contributed by atoms with Gasteiger partial charge < -0.3 is 9.64 Å². The molecule has 0 aromatic heterocycles. The summed E-state index contributed by atoms with van der Waals surface area (Å²) in [5, 5.41) is 3.66. The molecule has 1 spiro atoms. The number of ether oxygens (including phenoxy) is 1. The molecule has 1 amide bonds. The molecule has 1 heterocycles. The van der Waals surface area contributed by atoms with Crippen LogP contribution in [-0.4, -0.2) is 42.8 Å². The van der Waals surface area contributed by atoms with Gasteiger partial charge in [-0.3, -0.25) is 10.1 Å². The second-order valence-corrected chi connectivity index (χ2v) is 6.42. The van der Waals surface area contributed by atoms with E-state index in [0.717, 1.165) is 38.8 Å². The average Bonchev–Trinajstić information content (AvgIpc) is 2.90. The zero-order valence-electron chi connectivity index (χ0n) is 12.6. The number of carbonyl (C=O) groups is 1. The monoisotopic (exact) mass is 268 g/mol. The average molecular weight is 268 g/mol. The molecule has 1 atom stereocenters. The van der Waals surface area contributed by atoms with Crippen molar-refractivity contribution < 1.29 is 9.53 Å². The van der Waals surface area contributed by atoms with Gasteiger partial charge in [-0.15, -0.1) is 0 Å². The zero-order chi connectivity index (χ0) is 13.9. The van der Waals surface area contributed by atoms with Crippen LogP contribution in [0.3, 0.4) is 0 Å². The van der Waals surface area contributed by atoms with Gasteiger partial charge in [-0.05, 0) is 31.6 Å². The molecule has 1 unspecified atom stereocenters. The molecule has 1 N–H and O–H groups in total. The maximum atomic E-state index is 12.7. The van der Waals surface area contributed by atoms with Crippen LogP contribution in [0.2, 0.25) is 0 Å². The summed E-state index contributed by atoms with van der Waals surface area (Å²) >= 11 is 0. The zero-order valence-corrected chi connectivity index (χ0v) is 12.6. The fourth-order valence-corrected chi connectivity index (χ4v) is 3.48. The molecular formula is C15H28N2O2. The highest BCUT2D eigenvalue weighted by molar-refractivity contribution is 5.89. The second-order valence-electron chi connectivity index (χ2n) is 6.42. The van der Waals surface area contributed by atoms with Crippen LogP contribution < -0.4 is 5.32 Å². The van der Waals surface area contributed by atoms with Gasteiger partial charge in [0.15, 0.2) is 0 Å². The van der Waals surface area contributed by atoms with Crippen LogP contribution in [0.4, 0.5) is 0 Å². The van der Waals surface area contributed by atoms with Crippen molar-refractivity contribution in [3.8, 4) is 0 Å². The van der Waals surface area contributed by atoms with Crippen molar-refractivity contribution in [2.45, 2.75) is 64.1 Å². The van der Waals surface area contributed by atoms with Crippen molar-refractivity contribution in [2.24, 2.45) is 5.92 Å². The van der Waals surface area contributed by atoms with Gasteiger partial charge in [-0.2, -0.15) is 0 Å². The first-order chi connectivity index (χ1) is 9.09. The summed E-state index contributed by atoms with van der Waals surface area (Å²) in [4.78, 5) is 14.8. The molecule has 0 bridgehead atoms. The van der Waals surface area contributed by atoms with Crippen LogP contribution >= 0.6 is 0 Å². The predicted octanol–water partition coefficient (Wildman–Crippen LogP) is 2.14. The van der Waals surface area contributed by atoms with E-state index < -0.39 is 0 Å². The molecule has 19 heavy (non-hydrogen) atoms. The summed E-state index contributed by atoms with van der Waals surface area (Å²) in [6, 6.07) is 0. The van der Waals surface area contributed by atoms with Crippen molar-refractivity contribution in [3.05, 3.63) is 0 Å². The first-order valence-corrected chi connectivity index (χ1v) is 7.67. The van der Waals surface area contributed by atoms with Crippen LogP contribution in [-0.2, 0) is 9.53 Å². The molecule has 0 radical (unpaired) electrons. The van der Waals surface area contributed by atoms with Crippen LogP contribution in [0.1, 0.15) is 52.4 Å². The topological polar surface area (TPSA) is 41.6 Å². The first kappa shape index (κ1) is 14.8. The fraction of sp³-hybridized carbons (Fsp3) is 0.933. The SMILES string of the molecule is COCCCN1C(=O)C2(CCCC2)NC1CC(C)C. The summed E-state index contributed by atoms with van der Waals surface area (Å²) in [6.45, 7) is 5.99. The standard InChI is InChI=1S/C15H28N2O2/c1-12(2)11-13-16-15(7-4-5-8-15)14(18)17(13)9-6-10-19-3/h12-13,16H,4-11H2,1-3H3. The molecular weight excluding hydrogens is 240 g/mol. The normalized spacial score (nSPS) is 26.0. The smallest absolute Gasteiger partial charge is 0.244 e. The number of methoxy groups -OCH3 is 1. The fourth-order valence-electron chi connectivity index (χ4n) is 3.48. The third-order valence-corrected chi connectivity index (χ3v) is 4.39. The van der Waals surface area contributed by atoms with E-state index in [9.17, 15) is 4.79 Å². The molecule has 1 saturated heterocycles. The molecule has 2 aliphatic rings. The highest BCUT2D eigenvalue weighted by Crippen LogP contribution is 2.37. The number of carbonyl (C=O) groups excluding carboxylic acids is 1. The lowest BCUT2D eigenvalue weighted by molar-refractivity contribution is -0.133. The van der Waals surface area contributed by atoms with Gasteiger partial charge in [0, 0.05) is 20.3 Å². The number of hydrogen-bond acceptors (Lipinski definition) is 3. The van der Waals surface area contributed by atoms with Crippen molar-refractivity contribution in [1.29, 1.82) is 0 Å². The van der Waals surface area contributed by atoms with E-state index in [0.29, 0.717) is 11.8 Å². The largest absolute Gasteiger partial charge is 0.385 e. The summed E-state index contributed by atoms with van der Waals surface area (Å²) in [7, 11) is 1.72. The van der Waals surface area contributed by atoms with Crippen molar-refractivity contribution in [2.75, 3.05) is 20.3 Å². The second kappa shape index (κ2) is 6.23. The van der Waals surface area contributed by atoms with Crippen LogP contribution in [0.5, 0.6) is 0 Å². The minimum atomic E-state index is -0.230. The van der Waals surface area contributed by atoms with E-state index in [2.05, 4.69) is 24.1 Å². The number of hydrogen-bond donors (Lipinski definition) is 1. The Labute approximate surface area is 116 Å². The maximum absolute atomic E-state index is 12.7. The number of nitrogens with zero attached hydrogens (tertiary/aromatic N) is 1. The molecule has 1 saturated carbocycles. The number of nitrogens with one attached hydrogen (secondary N) is 1.